The predicted molar refractivity (Wildman–Crippen MR) is 85.2 cm³/mol. The van der Waals surface area contributed by atoms with Crippen molar-refractivity contribution in [2.75, 3.05) is 0 Å². The molecule has 0 saturated carbocycles. The average molecular weight is 275 g/mol. The van der Waals surface area contributed by atoms with Gasteiger partial charge in [-0.3, -0.25) is 0 Å². The molecule has 2 atom stereocenters. The van der Waals surface area contributed by atoms with Crippen molar-refractivity contribution >= 4 is 0 Å². The van der Waals surface area contributed by atoms with E-state index in [1.54, 1.807) is 0 Å². The van der Waals surface area contributed by atoms with E-state index in [1.807, 2.05) is 0 Å². The third-order valence-corrected chi connectivity index (χ3v) is 4.24. The zero-order chi connectivity index (χ0) is 14.6. The maximum absolute atomic E-state index is 6.13. The Morgan fingerprint density at radius 2 is 1.90 bits per heavy atom. The molecule has 112 valence electrons. The summed E-state index contributed by atoms with van der Waals surface area (Å²) < 4.78 is 6.13. The molecule has 2 unspecified atom stereocenters. The van der Waals surface area contributed by atoms with Gasteiger partial charge in [-0.25, -0.2) is 0 Å². The van der Waals surface area contributed by atoms with Gasteiger partial charge >= 0.3 is 0 Å². The highest BCUT2D eigenvalue weighted by molar-refractivity contribution is 5.42. The van der Waals surface area contributed by atoms with Crippen molar-refractivity contribution in [3.8, 4) is 5.75 Å². The second kappa shape index (κ2) is 6.62. The molecule has 1 heterocycles. The van der Waals surface area contributed by atoms with Crippen molar-refractivity contribution in [3.05, 3.63) is 29.8 Å². The predicted octanol–water partition coefficient (Wildman–Crippen LogP) is 4.85. The van der Waals surface area contributed by atoms with E-state index in [0.717, 1.165) is 5.75 Å². The number of rotatable bonds is 7. The van der Waals surface area contributed by atoms with Crippen LogP contribution in [0.25, 0.3) is 0 Å². The van der Waals surface area contributed by atoms with Crippen LogP contribution in [-0.2, 0) is 0 Å². The molecule has 0 aliphatic carbocycles. The highest BCUT2D eigenvalue weighted by atomic mass is 16.5. The van der Waals surface area contributed by atoms with Crippen LogP contribution in [0.5, 0.6) is 5.75 Å². The van der Waals surface area contributed by atoms with Crippen LogP contribution < -0.4 is 10.1 Å². The maximum Gasteiger partial charge on any atom is 0.125 e. The molecule has 1 aliphatic heterocycles. The van der Waals surface area contributed by atoms with Gasteiger partial charge in [0.25, 0.3) is 0 Å². The van der Waals surface area contributed by atoms with Gasteiger partial charge < -0.3 is 10.1 Å². The van der Waals surface area contributed by atoms with Crippen LogP contribution in [0.15, 0.2) is 24.3 Å². The molecule has 0 saturated heterocycles. The van der Waals surface area contributed by atoms with Gasteiger partial charge in [0.2, 0.25) is 0 Å². The lowest BCUT2D eigenvalue weighted by Gasteiger charge is -2.31. The third-order valence-electron chi connectivity index (χ3n) is 4.24. The lowest BCUT2D eigenvalue weighted by atomic mass is 9.92. The second-order valence-corrected chi connectivity index (χ2v) is 6.47. The number of nitrogens with one attached hydrogen (secondary N) is 1. The first-order valence-corrected chi connectivity index (χ1v) is 8.12. The van der Waals surface area contributed by atoms with Gasteiger partial charge in [-0.05, 0) is 32.8 Å². The van der Waals surface area contributed by atoms with Crippen LogP contribution in [0, 0.1) is 0 Å². The number of hydrogen-bond donors (Lipinski definition) is 1. The Hall–Kier alpha value is -1.02. The maximum atomic E-state index is 6.13. The molecular weight excluding hydrogens is 246 g/mol. The van der Waals surface area contributed by atoms with Gasteiger partial charge in [0.15, 0.2) is 0 Å². The zero-order valence-electron chi connectivity index (χ0n) is 13.4. The molecule has 0 spiro atoms. The number of fused-ring (bicyclic) bond motifs is 1. The Labute approximate surface area is 123 Å². The summed E-state index contributed by atoms with van der Waals surface area (Å²) in [6.07, 6.45) is 6.31. The molecule has 0 fully saturated rings. The Balaban J connectivity index is 2.13. The van der Waals surface area contributed by atoms with Crippen LogP contribution in [0.2, 0.25) is 0 Å². The van der Waals surface area contributed by atoms with E-state index >= 15 is 0 Å². The van der Waals surface area contributed by atoms with Crippen LogP contribution in [-0.4, -0.2) is 11.6 Å². The molecule has 2 nitrogen and oxygen atoms in total. The molecule has 1 aliphatic rings. The molecule has 1 aromatic rings. The molecule has 0 bridgehead atoms. The van der Waals surface area contributed by atoms with Gasteiger partial charge in [-0.15, -0.1) is 0 Å². The minimum atomic E-state index is -0.165. The van der Waals surface area contributed by atoms with Crippen molar-refractivity contribution < 1.29 is 4.74 Å². The number of hydrogen-bond acceptors (Lipinski definition) is 2. The lowest BCUT2D eigenvalue weighted by molar-refractivity contribution is 0.0893. The summed E-state index contributed by atoms with van der Waals surface area (Å²) in [5.74, 6) is 1.04. The fourth-order valence-electron chi connectivity index (χ4n) is 3.16. The largest absolute Gasteiger partial charge is 0.486 e. The van der Waals surface area contributed by atoms with E-state index in [0.29, 0.717) is 12.1 Å². The fraction of sp³-hybridized carbons (Fsp3) is 0.667. The second-order valence-electron chi connectivity index (χ2n) is 6.47. The topological polar surface area (TPSA) is 21.3 Å². The molecule has 2 rings (SSSR count). The Morgan fingerprint density at radius 3 is 2.60 bits per heavy atom. The summed E-state index contributed by atoms with van der Waals surface area (Å²) in [5.41, 5.74) is 1.15. The van der Waals surface area contributed by atoms with E-state index in [1.165, 1.54) is 37.7 Å². The first-order valence-electron chi connectivity index (χ1n) is 8.12. The van der Waals surface area contributed by atoms with Crippen LogP contribution in [0.3, 0.4) is 0 Å². The highest BCUT2D eigenvalue weighted by Gasteiger charge is 2.41. The minimum Gasteiger partial charge on any atom is -0.486 e. The van der Waals surface area contributed by atoms with Crippen LogP contribution in [0.4, 0.5) is 0 Å². The van der Waals surface area contributed by atoms with Crippen molar-refractivity contribution in [1.29, 1.82) is 0 Å². The molecule has 1 aromatic carbocycles. The molecule has 0 aromatic heterocycles. The van der Waals surface area contributed by atoms with Crippen molar-refractivity contribution in [2.24, 2.45) is 0 Å². The number of ether oxygens (including phenoxy) is 1. The van der Waals surface area contributed by atoms with Crippen LogP contribution >= 0.6 is 0 Å². The summed E-state index contributed by atoms with van der Waals surface area (Å²) in [6, 6.07) is 9.34. The Morgan fingerprint density at radius 1 is 1.15 bits per heavy atom. The van der Waals surface area contributed by atoms with E-state index in [9.17, 15) is 0 Å². The summed E-state index contributed by atoms with van der Waals surface area (Å²) >= 11 is 0. The Bertz CT molecular complexity index is 427. The van der Waals surface area contributed by atoms with Gasteiger partial charge in [0, 0.05) is 11.6 Å². The van der Waals surface area contributed by atoms with Crippen molar-refractivity contribution in [3.63, 3.8) is 0 Å². The van der Waals surface area contributed by atoms with Gasteiger partial charge in [0.05, 0.1) is 6.04 Å². The van der Waals surface area contributed by atoms with Crippen LogP contribution in [0.1, 0.15) is 71.4 Å². The van der Waals surface area contributed by atoms with Gasteiger partial charge in [-0.2, -0.15) is 0 Å². The molecule has 2 heteroatoms. The summed E-state index contributed by atoms with van der Waals surface area (Å²) in [7, 11) is 0. The lowest BCUT2D eigenvalue weighted by Crippen LogP contribution is -2.43. The summed E-state index contributed by atoms with van der Waals surface area (Å²) in [4.78, 5) is 0. The number of benzene rings is 1. The molecular formula is C18H29NO. The van der Waals surface area contributed by atoms with E-state index in [2.05, 4.69) is 57.3 Å². The summed E-state index contributed by atoms with van der Waals surface area (Å²) in [5, 5.41) is 3.87. The molecule has 0 amide bonds. The van der Waals surface area contributed by atoms with Gasteiger partial charge in [-0.1, -0.05) is 51.3 Å². The van der Waals surface area contributed by atoms with E-state index in [4.69, 9.17) is 4.74 Å². The zero-order valence-corrected chi connectivity index (χ0v) is 13.4. The van der Waals surface area contributed by atoms with E-state index in [-0.39, 0.29) is 5.60 Å². The average Bonchev–Trinajstić information content (AvgIpc) is 2.67. The molecule has 20 heavy (non-hydrogen) atoms. The fourth-order valence-corrected chi connectivity index (χ4v) is 3.16. The van der Waals surface area contributed by atoms with E-state index < -0.39 is 0 Å². The number of unbranched alkanes of at least 4 members (excludes halogenated alkanes) is 1. The molecule has 1 N–H and O–H groups in total. The normalized spacial score (nSPS) is 21.3. The SMILES string of the molecule is CCCCC(CCC)NC1c2ccccc2OC1(C)C. The van der Waals surface area contributed by atoms with Gasteiger partial charge in [0.1, 0.15) is 11.4 Å². The smallest absolute Gasteiger partial charge is 0.125 e. The minimum absolute atomic E-state index is 0.165. The first-order chi connectivity index (χ1) is 9.58. The van der Waals surface area contributed by atoms with Crippen molar-refractivity contribution in [2.45, 2.75) is 77.5 Å². The first kappa shape index (κ1) is 15.4. The quantitative estimate of drug-likeness (QED) is 0.768. The monoisotopic (exact) mass is 275 g/mol. The summed E-state index contributed by atoms with van der Waals surface area (Å²) in [6.45, 7) is 8.91. The standard InChI is InChI=1S/C18H29NO/c1-5-7-11-14(10-6-2)19-17-15-12-8-9-13-16(15)20-18(17,3)4/h8-9,12-14,17,19H,5-7,10-11H2,1-4H3. The number of para-hydroxylation sites is 1. The molecule has 0 radical (unpaired) electrons. The van der Waals surface area contributed by atoms with Crippen molar-refractivity contribution in [1.82, 2.24) is 5.32 Å². The third kappa shape index (κ3) is 3.35. The highest BCUT2D eigenvalue weighted by Crippen LogP contribution is 2.43. The Kier molecular flexibility index (Phi) is 5.09.